The van der Waals surface area contributed by atoms with Gasteiger partial charge in [-0.05, 0) is 39.0 Å². The average molecular weight is 303 g/mol. The number of likely N-dealkylation sites (N-methyl/N-ethyl adjacent to an activating group) is 1. The average Bonchev–Trinajstić information content (AvgIpc) is 2.86. The Morgan fingerprint density at radius 3 is 2.70 bits per heavy atom. The normalized spacial score (nSPS) is 30.9. The third kappa shape index (κ3) is 4.41. The molecule has 2 saturated heterocycles. The first kappa shape index (κ1) is 16.2. The molecule has 2 aliphatic heterocycles. The van der Waals surface area contributed by atoms with Gasteiger partial charge in [-0.15, -0.1) is 0 Å². The second kappa shape index (κ2) is 7.20. The second-order valence-electron chi connectivity index (χ2n) is 6.02. The molecule has 0 aromatic carbocycles. The van der Waals surface area contributed by atoms with E-state index >= 15 is 0 Å². The molecule has 0 bridgehead atoms. The van der Waals surface area contributed by atoms with Gasteiger partial charge in [0.2, 0.25) is 0 Å². The monoisotopic (exact) mass is 303 g/mol. The van der Waals surface area contributed by atoms with E-state index in [1.165, 1.54) is 6.42 Å². The van der Waals surface area contributed by atoms with Crippen LogP contribution in [0.2, 0.25) is 0 Å². The quantitative estimate of drug-likeness (QED) is 0.758. The molecule has 1 N–H and O–H groups in total. The van der Waals surface area contributed by atoms with Crippen LogP contribution in [0.5, 0.6) is 0 Å². The van der Waals surface area contributed by atoms with E-state index < -0.39 is 9.84 Å². The molecule has 2 fully saturated rings. The minimum Gasteiger partial charge on any atom is -0.312 e. The smallest absolute Gasteiger partial charge is 0.153 e. The third-order valence-corrected chi connectivity index (χ3v) is 6.41. The van der Waals surface area contributed by atoms with Crippen molar-refractivity contribution in [2.75, 3.05) is 50.8 Å². The Kier molecular flexibility index (Phi) is 5.84. The Balaban J connectivity index is 1.73. The molecule has 2 unspecified atom stereocenters. The van der Waals surface area contributed by atoms with Crippen LogP contribution in [0, 0.1) is 0 Å². The van der Waals surface area contributed by atoms with Crippen LogP contribution in [0.25, 0.3) is 0 Å². The lowest BCUT2D eigenvalue weighted by atomic mass is 10.2. The lowest BCUT2D eigenvalue weighted by Gasteiger charge is -2.28. The van der Waals surface area contributed by atoms with Gasteiger partial charge in [0.1, 0.15) is 0 Å². The number of nitrogens with zero attached hydrogens (tertiary/aromatic N) is 2. The van der Waals surface area contributed by atoms with Crippen molar-refractivity contribution in [2.24, 2.45) is 0 Å². The zero-order valence-electron chi connectivity index (χ0n) is 12.8. The van der Waals surface area contributed by atoms with Crippen molar-refractivity contribution in [3.8, 4) is 0 Å². The summed E-state index contributed by atoms with van der Waals surface area (Å²) in [5.41, 5.74) is 0. The number of hydrogen-bond donors (Lipinski definition) is 1. The number of nitrogens with one attached hydrogen (secondary N) is 1. The number of sulfone groups is 1. The van der Waals surface area contributed by atoms with Gasteiger partial charge in [0.15, 0.2) is 9.84 Å². The molecule has 0 aromatic rings. The predicted octanol–water partition coefficient (Wildman–Crippen LogP) is 0.179. The first-order valence-corrected chi connectivity index (χ1v) is 9.76. The third-order valence-electron chi connectivity index (χ3n) is 4.67. The number of likely N-dealkylation sites (tertiary alicyclic amines) is 1. The highest BCUT2D eigenvalue weighted by molar-refractivity contribution is 7.91. The topological polar surface area (TPSA) is 52.7 Å². The molecule has 0 aromatic heterocycles. The van der Waals surface area contributed by atoms with E-state index in [0.717, 1.165) is 39.1 Å². The SMILES string of the molecule is CCN(CC)C1CCN(CCC2CS(=O)(=O)CCN2)C1. The maximum Gasteiger partial charge on any atom is 0.153 e. The first-order valence-electron chi connectivity index (χ1n) is 7.94. The van der Waals surface area contributed by atoms with Crippen molar-refractivity contribution < 1.29 is 8.42 Å². The molecule has 0 radical (unpaired) electrons. The van der Waals surface area contributed by atoms with E-state index in [0.29, 0.717) is 24.1 Å². The van der Waals surface area contributed by atoms with E-state index in [9.17, 15) is 8.42 Å². The summed E-state index contributed by atoms with van der Waals surface area (Å²) in [4.78, 5) is 5.02. The van der Waals surface area contributed by atoms with E-state index in [2.05, 4.69) is 29.0 Å². The standard InChI is InChI=1S/C14H29N3O2S/c1-3-17(4-2)14-6-9-16(11-14)8-5-13-12-20(18,19)10-7-15-13/h13-15H,3-12H2,1-2H3. The van der Waals surface area contributed by atoms with E-state index in [1.807, 2.05) is 0 Å². The van der Waals surface area contributed by atoms with Gasteiger partial charge >= 0.3 is 0 Å². The molecule has 2 rings (SSSR count). The summed E-state index contributed by atoms with van der Waals surface area (Å²) in [5.74, 6) is 0.623. The highest BCUT2D eigenvalue weighted by atomic mass is 32.2. The lowest BCUT2D eigenvalue weighted by Crippen LogP contribution is -2.46. The lowest BCUT2D eigenvalue weighted by molar-refractivity contribution is 0.208. The number of hydrogen-bond acceptors (Lipinski definition) is 5. The summed E-state index contributed by atoms with van der Waals surface area (Å²) < 4.78 is 23.2. The zero-order valence-corrected chi connectivity index (χ0v) is 13.7. The molecule has 0 aliphatic carbocycles. The molecule has 118 valence electrons. The van der Waals surface area contributed by atoms with Crippen molar-refractivity contribution in [3.63, 3.8) is 0 Å². The first-order chi connectivity index (χ1) is 9.54. The molecular formula is C14H29N3O2S. The fraction of sp³-hybridized carbons (Fsp3) is 1.00. The van der Waals surface area contributed by atoms with Crippen molar-refractivity contribution in [2.45, 2.75) is 38.8 Å². The Labute approximate surface area is 123 Å². The summed E-state index contributed by atoms with van der Waals surface area (Å²) in [6.07, 6.45) is 2.20. The van der Waals surface area contributed by atoms with Gasteiger partial charge in [-0.25, -0.2) is 8.42 Å². The minimum atomic E-state index is -2.80. The van der Waals surface area contributed by atoms with Gasteiger partial charge in [-0.2, -0.15) is 0 Å². The summed E-state index contributed by atoms with van der Waals surface area (Å²) >= 11 is 0. The van der Waals surface area contributed by atoms with Crippen LogP contribution in [0.1, 0.15) is 26.7 Å². The largest absolute Gasteiger partial charge is 0.312 e. The van der Waals surface area contributed by atoms with Gasteiger partial charge in [0, 0.05) is 25.2 Å². The molecule has 2 heterocycles. The molecule has 0 amide bonds. The Morgan fingerprint density at radius 1 is 1.30 bits per heavy atom. The Bertz CT molecular complexity index is 395. The maximum absolute atomic E-state index is 11.6. The summed E-state index contributed by atoms with van der Waals surface area (Å²) in [6, 6.07) is 0.842. The molecule has 2 aliphatic rings. The van der Waals surface area contributed by atoms with Crippen molar-refractivity contribution in [1.29, 1.82) is 0 Å². The number of rotatable bonds is 6. The van der Waals surface area contributed by atoms with E-state index in [1.54, 1.807) is 0 Å². The summed E-state index contributed by atoms with van der Waals surface area (Å²) in [5, 5.41) is 3.34. The fourth-order valence-electron chi connectivity index (χ4n) is 3.44. The van der Waals surface area contributed by atoms with Crippen molar-refractivity contribution in [1.82, 2.24) is 15.1 Å². The van der Waals surface area contributed by atoms with E-state index in [4.69, 9.17) is 0 Å². The van der Waals surface area contributed by atoms with Gasteiger partial charge in [-0.1, -0.05) is 13.8 Å². The summed E-state index contributed by atoms with van der Waals surface area (Å²) in [7, 11) is -2.80. The zero-order chi connectivity index (χ0) is 14.6. The molecule has 0 saturated carbocycles. The van der Waals surface area contributed by atoms with Crippen LogP contribution < -0.4 is 5.32 Å². The maximum atomic E-state index is 11.6. The van der Waals surface area contributed by atoms with Crippen LogP contribution in [-0.4, -0.2) is 81.1 Å². The van der Waals surface area contributed by atoms with Crippen LogP contribution in [-0.2, 0) is 9.84 Å². The van der Waals surface area contributed by atoms with Crippen LogP contribution in [0.4, 0.5) is 0 Å². The van der Waals surface area contributed by atoms with Gasteiger partial charge in [0.25, 0.3) is 0 Å². The molecule has 0 spiro atoms. The van der Waals surface area contributed by atoms with Crippen LogP contribution in [0.15, 0.2) is 0 Å². The highest BCUT2D eigenvalue weighted by Crippen LogP contribution is 2.16. The van der Waals surface area contributed by atoms with Crippen molar-refractivity contribution >= 4 is 9.84 Å². The van der Waals surface area contributed by atoms with Crippen LogP contribution in [0.3, 0.4) is 0 Å². The minimum absolute atomic E-state index is 0.154. The predicted molar refractivity (Wildman–Crippen MR) is 82.8 cm³/mol. The van der Waals surface area contributed by atoms with Gasteiger partial charge < -0.3 is 10.2 Å². The Hall–Kier alpha value is -0.170. The molecule has 5 nitrogen and oxygen atoms in total. The Morgan fingerprint density at radius 2 is 2.05 bits per heavy atom. The van der Waals surface area contributed by atoms with E-state index in [-0.39, 0.29) is 6.04 Å². The molecule has 2 atom stereocenters. The fourth-order valence-corrected chi connectivity index (χ4v) is 4.94. The second-order valence-corrected chi connectivity index (χ2v) is 8.25. The van der Waals surface area contributed by atoms with Crippen molar-refractivity contribution in [3.05, 3.63) is 0 Å². The molecule has 6 heteroatoms. The molecular weight excluding hydrogens is 274 g/mol. The molecule has 20 heavy (non-hydrogen) atoms. The van der Waals surface area contributed by atoms with Gasteiger partial charge in [-0.3, -0.25) is 4.90 Å². The highest BCUT2D eigenvalue weighted by Gasteiger charge is 2.28. The summed E-state index contributed by atoms with van der Waals surface area (Å²) in [6.45, 7) is 10.6. The van der Waals surface area contributed by atoms with Crippen LogP contribution >= 0.6 is 0 Å². The van der Waals surface area contributed by atoms with Gasteiger partial charge in [0.05, 0.1) is 11.5 Å².